The summed E-state index contributed by atoms with van der Waals surface area (Å²) in [5, 5.41) is 0.379. The number of anilines is 1. The van der Waals surface area contributed by atoms with Gasteiger partial charge in [0.05, 0.1) is 12.0 Å². The van der Waals surface area contributed by atoms with Crippen LogP contribution in [0.3, 0.4) is 0 Å². The molecule has 0 amide bonds. The highest BCUT2D eigenvalue weighted by molar-refractivity contribution is 7.92. The van der Waals surface area contributed by atoms with Crippen LogP contribution in [0.4, 0.5) is 5.82 Å². The van der Waals surface area contributed by atoms with Crippen LogP contribution >= 0.6 is 11.6 Å². The van der Waals surface area contributed by atoms with Gasteiger partial charge in [0.2, 0.25) is 0 Å². The molecule has 1 N–H and O–H groups in total. The smallest absolute Gasteiger partial charge is 0.263 e. The van der Waals surface area contributed by atoms with Gasteiger partial charge in [-0.15, -0.1) is 0 Å². The van der Waals surface area contributed by atoms with Gasteiger partial charge in [0.15, 0.2) is 23.1 Å². The number of rotatable bonds is 11. The Bertz CT molecular complexity index is 1380. The Morgan fingerprint density at radius 3 is 2.62 bits per heavy atom. The van der Waals surface area contributed by atoms with Crippen molar-refractivity contribution in [1.82, 2.24) is 9.88 Å². The third kappa shape index (κ3) is 6.47. The number of nitrogens with one attached hydrogen (secondary N) is 1. The molecule has 8 nitrogen and oxygen atoms in total. The third-order valence-electron chi connectivity index (χ3n) is 6.17. The van der Waals surface area contributed by atoms with E-state index in [9.17, 15) is 8.42 Å². The summed E-state index contributed by atoms with van der Waals surface area (Å²) in [5.41, 5.74) is 3.27. The summed E-state index contributed by atoms with van der Waals surface area (Å²) < 4.78 is 46.6. The van der Waals surface area contributed by atoms with Crippen molar-refractivity contribution in [3.05, 3.63) is 69.9 Å². The zero-order chi connectivity index (χ0) is 26.6. The molecular weight excluding hydrogens is 514 g/mol. The number of ether oxygens (including phenoxy) is 3. The van der Waals surface area contributed by atoms with Gasteiger partial charge in [-0.3, -0.25) is 4.72 Å². The first-order valence-electron chi connectivity index (χ1n) is 12.1. The van der Waals surface area contributed by atoms with E-state index in [-0.39, 0.29) is 17.3 Å². The molecule has 1 aliphatic carbocycles. The molecule has 198 valence electrons. The van der Waals surface area contributed by atoms with Gasteiger partial charge in [-0.1, -0.05) is 23.7 Å². The van der Waals surface area contributed by atoms with Crippen LogP contribution in [0.2, 0.25) is 5.02 Å². The van der Waals surface area contributed by atoms with E-state index >= 15 is 0 Å². The average molecular weight is 546 g/mol. The van der Waals surface area contributed by atoms with Gasteiger partial charge in [-0.05, 0) is 87.3 Å². The SMILES string of the molecule is COc1ccc(COc2cc3c(nc2NS(=O)(=O)c2cccc(Cl)c2C)CCC3)cc1OCCN(C)C. The zero-order valence-electron chi connectivity index (χ0n) is 21.5. The number of likely N-dealkylation sites (N-methyl/N-ethyl adjacent to an activating group) is 1. The van der Waals surface area contributed by atoms with Crippen LogP contribution < -0.4 is 18.9 Å². The number of aromatic nitrogens is 1. The number of aryl methyl sites for hydroxylation is 2. The van der Waals surface area contributed by atoms with Crippen LogP contribution in [0.15, 0.2) is 47.4 Å². The molecule has 0 radical (unpaired) electrons. The number of hydrogen-bond acceptors (Lipinski definition) is 7. The maximum absolute atomic E-state index is 13.3. The minimum atomic E-state index is -3.94. The van der Waals surface area contributed by atoms with Crippen LogP contribution in [0.25, 0.3) is 0 Å². The Morgan fingerprint density at radius 2 is 1.86 bits per heavy atom. The van der Waals surface area contributed by atoms with E-state index in [4.69, 9.17) is 25.8 Å². The van der Waals surface area contributed by atoms with Crippen molar-refractivity contribution in [2.45, 2.75) is 37.7 Å². The highest BCUT2D eigenvalue weighted by Gasteiger charge is 2.24. The highest BCUT2D eigenvalue weighted by Crippen LogP contribution is 2.34. The minimum Gasteiger partial charge on any atom is -0.493 e. The number of fused-ring (bicyclic) bond motifs is 1. The molecule has 0 atom stereocenters. The highest BCUT2D eigenvalue weighted by atomic mass is 35.5. The largest absolute Gasteiger partial charge is 0.493 e. The zero-order valence-corrected chi connectivity index (χ0v) is 23.1. The van der Waals surface area contributed by atoms with Crippen molar-refractivity contribution in [1.29, 1.82) is 0 Å². The first-order chi connectivity index (χ1) is 17.7. The van der Waals surface area contributed by atoms with Crippen LogP contribution in [-0.4, -0.2) is 52.7 Å². The molecule has 0 bridgehead atoms. The van der Waals surface area contributed by atoms with Crippen LogP contribution in [-0.2, 0) is 29.5 Å². The second kappa shape index (κ2) is 11.6. The van der Waals surface area contributed by atoms with Crippen LogP contribution in [0.5, 0.6) is 17.2 Å². The lowest BCUT2D eigenvalue weighted by Gasteiger charge is -2.17. The predicted molar refractivity (Wildman–Crippen MR) is 145 cm³/mol. The maximum Gasteiger partial charge on any atom is 0.263 e. The van der Waals surface area contributed by atoms with Crippen molar-refractivity contribution in [3.63, 3.8) is 0 Å². The summed E-state index contributed by atoms with van der Waals surface area (Å²) in [6, 6.07) is 12.3. The fraction of sp³-hybridized carbons (Fsp3) is 0.370. The lowest BCUT2D eigenvalue weighted by Crippen LogP contribution is -2.19. The van der Waals surface area contributed by atoms with E-state index in [1.54, 1.807) is 26.2 Å². The van der Waals surface area contributed by atoms with Gasteiger partial charge in [-0.25, -0.2) is 13.4 Å². The lowest BCUT2D eigenvalue weighted by molar-refractivity contribution is 0.249. The summed E-state index contributed by atoms with van der Waals surface area (Å²) in [6.45, 7) is 3.14. The molecule has 1 aromatic heterocycles. The average Bonchev–Trinajstić information content (AvgIpc) is 3.31. The van der Waals surface area contributed by atoms with Gasteiger partial charge >= 0.3 is 0 Å². The Kier molecular flexibility index (Phi) is 8.46. The summed E-state index contributed by atoms with van der Waals surface area (Å²) in [7, 11) is 1.62. The number of methoxy groups -OCH3 is 1. The first-order valence-corrected chi connectivity index (χ1v) is 13.9. The number of sulfonamides is 1. The molecule has 0 aliphatic heterocycles. The Balaban J connectivity index is 1.58. The summed E-state index contributed by atoms with van der Waals surface area (Å²) >= 11 is 6.18. The first kappa shape index (κ1) is 27.0. The molecule has 0 fully saturated rings. The molecule has 4 rings (SSSR count). The normalized spacial score (nSPS) is 12.9. The van der Waals surface area contributed by atoms with Crippen molar-refractivity contribution in [2.75, 3.05) is 39.1 Å². The predicted octanol–water partition coefficient (Wildman–Crippen LogP) is 4.86. The molecule has 0 unspecified atom stereocenters. The molecule has 1 aliphatic rings. The maximum atomic E-state index is 13.3. The van der Waals surface area contributed by atoms with Crippen molar-refractivity contribution in [3.8, 4) is 17.2 Å². The second-order valence-corrected chi connectivity index (χ2v) is 11.2. The van der Waals surface area contributed by atoms with E-state index in [1.807, 2.05) is 43.3 Å². The Hall–Kier alpha value is -3.01. The molecule has 37 heavy (non-hydrogen) atoms. The number of nitrogens with zero attached hydrogens (tertiary/aromatic N) is 2. The summed E-state index contributed by atoms with van der Waals surface area (Å²) in [6.07, 6.45) is 2.65. The quantitative estimate of drug-likeness (QED) is 0.368. The van der Waals surface area contributed by atoms with Crippen molar-refractivity contribution in [2.24, 2.45) is 0 Å². The van der Waals surface area contributed by atoms with Crippen molar-refractivity contribution < 1.29 is 22.6 Å². The monoisotopic (exact) mass is 545 g/mol. The second-order valence-electron chi connectivity index (χ2n) is 9.19. The van der Waals surface area contributed by atoms with Crippen LogP contribution in [0, 0.1) is 6.92 Å². The van der Waals surface area contributed by atoms with E-state index in [1.165, 1.54) is 6.07 Å². The molecule has 0 spiro atoms. The van der Waals surface area contributed by atoms with Crippen LogP contribution in [0.1, 0.15) is 28.8 Å². The van der Waals surface area contributed by atoms with E-state index in [2.05, 4.69) is 9.71 Å². The van der Waals surface area contributed by atoms with E-state index in [0.717, 1.165) is 42.6 Å². The third-order valence-corrected chi connectivity index (χ3v) is 8.07. The van der Waals surface area contributed by atoms with E-state index in [0.29, 0.717) is 34.4 Å². The summed E-state index contributed by atoms with van der Waals surface area (Å²) in [5.74, 6) is 1.78. The molecule has 0 saturated carbocycles. The van der Waals surface area contributed by atoms with Crippen molar-refractivity contribution >= 4 is 27.4 Å². The summed E-state index contributed by atoms with van der Waals surface area (Å²) in [4.78, 5) is 6.77. The van der Waals surface area contributed by atoms with Gasteiger partial charge in [-0.2, -0.15) is 0 Å². The Labute approximate surface area is 223 Å². The number of benzene rings is 2. The molecule has 3 aromatic rings. The molecular formula is C27H32ClN3O5S. The van der Waals surface area contributed by atoms with Gasteiger partial charge in [0.1, 0.15) is 13.2 Å². The number of halogens is 1. The molecule has 10 heteroatoms. The molecule has 2 aromatic carbocycles. The standard InChI is InChI=1S/C27H32ClN3O5S/c1-18-21(28)8-6-10-26(18)37(32,33)30-27-25(16-20-7-5-9-22(20)29-27)36-17-19-11-12-23(34-4)24(15-19)35-14-13-31(2)3/h6,8,10-12,15-16H,5,7,9,13-14,17H2,1-4H3,(H,29,30). The number of hydrogen-bond donors (Lipinski definition) is 1. The fourth-order valence-electron chi connectivity index (χ4n) is 4.12. The molecule has 1 heterocycles. The van der Waals surface area contributed by atoms with Gasteiger partial charge < -0.3 is 19.1 Å². The van der Waals surface area contributed by atoms with Gasteiger partial charge in [0.25, 0.3) is 10.0 Å². The molecule has 0 saturated heterocycles. The lowest BCUT2D eigenvalue weighted by atomic mass is 10.2. The fourth-order valence-corrected chi connectivity index (χ4v) is 5.63. The minimum absolute atomic E-state index is 0.0999. The van der Waals surface area contributed by atoms with Gasteiger partial charge in [0, 0.05) is 17.3 Å². The Morgan fingerprint density at radius 1 is 1.05 bits per heavy atom. The number of pyridine rings is 1. The topological polar surface area (TPSA) is 90.0 Å². The van der Waals surface area contributed by atoms with E-state index < -0.39 is 10.0 Å².